The van der Waals surface area contributed by atoms with Crippen LogP contribution in [0.1, 0.15) is 29.8 Å². The van der Waals surface area contributed by atoms with Crippen LogP contribution in [0.5, 0.6) is 0 Å². The van der Waals surface area contributed by atoms with Gasteiger partial charge in [0, 0.05) is 24.4 Å². The van der Waals surface area contributed by atoms with E-state index in [1.54, 1.807) is 0 Å². The van der Waals surface area contributed by atoms with Gasteiger partial charge in [-0.15, -0.1) is 0 Å². The maximum absolute atomic E-state index is 9.09. The van der Waals surface area contributed by atoms with Crippen molar-refractivity contribution in [2.75, 3.05) is 19.7 Å². The van der Waals surface area contributed by atoms with E-state index in [0.717, 1.165) is 38.2 Å². The topological polar surface area (TPSA) is 52.2 Å². The van der Waals surface area contributed by atoms with E-state index in [-0.39, 0.29) is 0 Å². The van der Waals surface area contributed by atoms with Gasteiger partial charge in [0.1, 0.15) is 0 Å². The first-order chi connectivity index (χ1) is 7.70. The molecule has 0 radical (unpaired) electrons. The van der Waals surface area contributed by atoms with Crippen LogP contribution in [0.15, 0.2) is 0 Å². The highest BCUT2D eigenvalue weighted by Gasteiger charge is 2.19. The molecule has 0 unspecified atom stereocenters. The Kier molecular flexibility index (Phi) is 3.61. The second-order valence-electron chi connectivity index (χ2n) is 4.81. The third kappa shape index (κ3) is 2.44. The monoisotopic (exact) mass is 223 g/mol. The summed E-state index contributed by atoms with van der Waals surface area (Å²) in [5.74, 6) is 0.516. The number of aromatic nitrogens is 2. The summed E-state index contributed by atoms with van der Waals surface area (Å²) in [5, 5.41) is 16.3. The van der Waals surface area contributed by atoms with Crippen molar-refractivity contribution in [1.29, 1.82) is 0 Å². The van der Waals surface area contributed by atoms with E-state index in [1.807, 2.05) is 0 Å². The Labute approximate surface area is 96.7 Å². The molecular formula is C12H21N3O. The van der Waals surface area contributed by atoms with Crippen molar-refractivity contribution in [3.8, 4) is 0 Å². The zero-order valence-electron chi connectivity index (χ0n) is 10.2. The quantitative estimate of drug-likeness (QED) is 0.810. The van der Waals surface area contributed by atoms with Gasteiger partial charge in [0.05, 0.1) is 5.69 Å². The van der Waals surface area contributed by atoms with Crippen LogP contribution in [0.4, 0.5) is 0 Å². The molecule has 16 heavy (non-hydrogen) atoms. The van der Waals surface area contributed by atoms with Crippen LogP contribution < -0.4 is 0 Å². The predicted octanol–water partition coefficient (Wildman–Crippen LogP) is 1.23. The zero-order chi connectivity index (χ0) is 11.5. The van der Waals surface area contributed by atoms with E-state index in [4.69, 9.17) is 5.11 Å². The summed E-state index contributed by atoms with van der Waals surface area (Å²) in [6.07, 6.45) is 2.24. The Morgan fingerprint density at radius 1 is 1.38 bits per heavy atom. The number of H-pyrrole nitrogens is 1. The Balaban J connectivity index is 1.92. The molecule has 0 aromatic carbocycles. The van der Waals surface area contributed by atoms with Crippen molar-refractivity contribution in [1.82, 2.24) is 15.1 Å². The SMILES string of the molecule is Cc1n[nH]c(C)c1CN1CCC(CO)CC1. The van der Waals surface area contributed by atoms with Gasteiger partial charge in [-0.05, 0) is 45.7 Å². The molecule has 1 aliphatic heterocycles. The molecule has 0 bridgehead atoms. The largest absolute Gasteiger partial charge is 0.396 e. The van der Waals surface area contributed by atoms with Crippen LogP contribution in [-0.4, -0.2) is 39.9 Å². The first-order valence-electron chi connectivity index (χ1n) is 6.04. The van der Waals surface area contributed by atoms with Crippen molar-refractivity contribution in [2.24, 2.45) is 5.92 Å². The van der Waals surface area contributed by atoms with Crippen LogP contribution in [0.25, 0.3) is 0 Å². The lowest BCUT2D eigenvalue weighted by molar-refractivity contribution is 0.127. The van der Waals surface area contributed by atoms with Crippen LogP contribution in [0.2, 0.25) is 0 Å². The van der Waals surface area contributed by atoms with Crippen molar-refractivity contribution < 1.29 is 5.11 Å². The predicted molar refractivity (Wildman–Crippen MR) is 63.1 cm³/mol. The fourth-order valence-electron chi connectivity index (χ4n) is 2.36. The van der Waals surface area contributed by atoms with Gasteiger partial charge in [-0.1, -0.05) is 0 Å². The van der Waals surface area contributed by atoms with E-state index in [9.17, 15) is 0 Å². The molecule has 0 saturated carbocycles. The lowest BCUT2D eigenvalue weighted by Crippen LogP contribution is -2.34. The second-order valence-corrected chi connectivity index (χ2v) is 4.81. The van der Waals surface area contributed by atoms with Crippen LogP contribution >= 0.6 is 0 Å². The number of hydrogen-bond acceptors (Lipinski definition) is 3. The number of likely N-dealkylation sites (tertiary alicyclic amines) is 1. The summed E-state index contributed by atoms with van der Waals surface area (Å²) in [6.45, 7) is 7.66. The first-order valence-corrected chi connectivity index (χ1v) is 6.04. The number of rotatable bonds is 3. The van der Waals surface area contributed by atoms with Gasteiger partial charge in [-0.2, -0.15) is 5.10 Å². The number of aryl methyl sites for hydroxylation is 2. The molecule has 4 heteroatoms. The molecule has 2 N–H and O–H groups in total. The van der Waals surface area contributed by atoms with Gasteiger partial charge >= 0.3 is 0 Å². The molecule has 1 aromatic rings. The first kappa shape index (κ1) is 11.6. The molecule has 1 aromatic heterocycles. The zero-order valence-corrected chi connectivity index (χ0v) is 10.2. The third-order valence-electron chi connectivity index (χ3n) is 3.63. The highest BCUT2D eigenvalue weighted by molar-refractivity contribution is 5.22. The Morgan fingerprint density at radius 3 is 2.56 bits per heavy atom. The Morgan fingerprint density at radius 2 is 2.06 bits per heavy atom. The van der Waals surface area contributed by atoms with Crippen molar-refractivity contribution in [2.45, 2.75) is 33.2 Å². The molecule has 0 spiro atoms. The summed E-state index contributed by atoms with van der Waals surface area (Å²) in [7, 11) is 0. The molecule has 4 nitrogen and oxygen atoms in total. The number of nitrogens with zero attached hydrogens (tertiary/aromatic N) is 2. The molecule has 2 rings (SSSR count). The second kappa shape index (κ2) is 4.97. The molecule has 1 fully saturated rings. The van der Waals surface area contributed by atoms with Crippen molar-refractivity contribution in [3.05, 3.63) is 17.0 Å². The van der Waals surface area contributed by atoms with Gasteiger partial charge in [-0.3, -0.25) is 10.00 Å². The minimum atomic E-state index is 0.345. The number of aromatic amines is 1. The standard InChI is InChI=1S/C12H21N3O/c1-9-12(10(2)14-13-9)7-15-5-3-11(8-16)4-6-15/h11,16H,3-8H2,1-2H3,(H,13,14). The highest BCUT2D eigenvalue weighted by Crippen LogP contribution is 2.20. The summed E-state index contributed by atoms with van der Waals surface area (Å²) in [4.78, 5) is 2.46. The number of piperidine rings is 1. The summed E-state index contributed by atoms with van der Waals surface area (Å²) < 4.78 is 0. The fourth-order valence-corrected chi connectivity index (χ4v) is 2.36. The lowest BCUT2D eigenvalue weighted by atomic mass is 9.97. The Hall–Kier alpha value is -0.870. The minimum Gasteiger partial charge on any atom is -0.396 e. The minimum absolute atomic E-state index is 0.345. The number of hydrogen-bond donors (Lipinski definition) is 2. The summed E-state index contributed by atoms with van der Waals surface area (Å²) >= 11 is 0. The summed E-state index contributed by atoms with van der Waals surface area (Å²) in [6, 6.07) is 0. The average Bonchev–Trinajstić information content (AvgIpc) is 2.62. The molecule has 0 amide bonds. The van der Waals surface area contributed by atoms with Gasteiger partial charge in [0.25, 0.3) is 0 Å². The smallest absolute Gasteiger partial charge is 0.0639 e. The molecule has 1 aliphatic rings. The van der Waals surface area contributed by atoms with E-state index in [0.29, 0.717) is 12.5 Å². The van der Waals surface area contributed by atoms with E-state index < -0.39 is 0 Å². The highest BCUT2D eigenvalue weighted by atomic mass is 16.3. The number of aliphatic hydroxyl groups is 1. The van der Waals surface area contributed by atoms with Crippen molar-refractivity contribution >= 4 is 0 Å². The molecule has 2 heterocycles. The van der Waals surface area contributed by atoms with Crippen LogP contribution in [0, 0.1) is 19.8 Å². The normalized spacial score (nSPS) is 19.2. The molecule has 0 aliphatic carbocycles. The molecule has 0 atom stereocenters. The van der Waals surface area contributed by atoms with Gasteiger partial charge in [-0.25, -0.2) is 0 Å². The van der Waals surface area contributed by atoms with Gasteiger partial charge < -0.3 is 5.11 Å². The molecule has 90 valence electrons. The fraction of sp³-hybridized carbons (Fsp3) is 0.750. The molecule has 1 saturated heterocycles. The van der Waals surface area contributed by atoms with E-state index in [2.05, 4.69) is 28.9 Å². The maximum atomic E-state index is 9.09. The van der Waals surface area contributed by atoms with E-state index in [1.165, 1.54) is 11.3 Å². The van der Waals surface area contributed by atoms with Gasteiger partial charge in [0.2, 0.25) is 0 Å². The molecular weight excluding hydrogens is 202 g/mol. The Bertz CT molecular complexity index is 321. The maximum Gasteiger partial charge on any atom is 0.0639 e. The number of nitrogens with one attached hydrogen (secondary N) is 1. The lowest BCUT2D eigenvalue weighted by Gasteiger charge is -2.31. The van der Waals surface area contributed by atoms with E-state index >= 15 is 0 Å². The van der Waals surface area contributed by atoms with Crippen molar-refractivity contribution in [3.63, 3.8) is 0 Å². The average molecular weight is 223 g/mol. The third-order valence-corrected chi connectivity index (χ3v) is 3.63. The van der Waals surface area contributed by atoms with Gasteiger partial charge in [0.15, 0.2) is 0 Å². The number of aliphatic hydroxyl groups excluding tert-OH is 1. The van der Waals surface area contributed by atoms with Crippen LogP contribution in [0.3, 0.4) is 0 Å². The van der Waals surface area contributed by atoms with Crippen LogP contribution in [-0.2, 0) is 6.54 Å². The summed E-state index contributed by atoms with van der Waals surface area (Å²) in [5.41, 5.74) is 3.63.